The Balaban J connectivity index is 1.49. The van der Waals surface area contributed by atoms with Crippen LogP contribution in [0.4, 0.5) is 4.79 Å². The lowest BCUT2D eigenvalue weighted by Gasteiger charge is -2.21. The summed E-state index contributed by atoms with van der Waals surface area (Å²) >= 11 is 6.01. The SMILES string of the molecule is CC(C)C[C@H](NC(=O)OCc1ccccc1)C(=O)NCC(O)CNS(=O)(=O)c1ccc(Oc2cccc(Cl)c2C#N)cc1. The number of nitriles is 1. The predicted molar refractivity (Wildman–Crippen MR) is 160 cm³/mol. The molecule has 3 aromatic rings. The van der Waals surface area contributed by atoms with Gasteiger partial charge in [0.15, 0.2) is 0 Å². The van der Waals surface area contributed by atoms with Gasteiger partial charge in [-0.05, 0) is 54.3 Å². The molecule has 2 amide bonds. The van der Waals surface area contributed by atoms with Gasteiger partial charge in [-0.2, -0.15) is 5.26 Å². The predicted octanol–water partition coefficient (Wildman–Crippen LogP) is 4.10. The molecule has 0 saturated heterocycles. The minimum atomic E-state index is -4.01. The molecule has 43 heavy (non-hydrogen) atoms. The van der Waals surface area contributed by atoms with Gasteiger partial charge >= 0.3 is 6.09 Å². The summed E-state index contributed by atoms with van der Waals surface area (Å²) in [5.41, 5.74) is 0.946. The van der Waals surface area contributed by atoms with E-state index in [1.165, 1.54) is 24.3 Å². The summed E-state index contributed by atoms with van der Waals surface area (Å²) in [6, 6.07) is 20.3. The molecular formula is C30H33ClN4O7S. The molecule has 0 fully saturated rings. The molecule has 3 rings (SSSR count). The zero-order valence-electron chi connectivity index (χ0n) is 23.6. The summed E-state index contributed by atoms with van der Waals surface area (Å²) < 4.78 is 38.6. The smallest absolute Gasteiger partial charge is 0.408 e. The van der Waals surface area contributed by atoms with Crippen molar-refractivity contribution in [3.05, 3.63) is 88.9 Å². The first-order valence-corrected chi connectivity index (χ1v) is 15.2. The molecule has 0 aliphatic heterocycles. The van der Waals surface area contributed by atoms with E-state index in [1.807, 2.05) is 38.1 Å². The number of halogens is 1. The molecule has 0 radical (unpaired) electrons. The van der Waals surface area contributed by atoms with Gasteiger partial charge in [-0.1, -0.05) is 61.8 Å². The molecule has 0 spiro atoms. The van der Waals surface area contributed by atoms with E-state index in [2.05, 4.69) is 15.4 Å². The Morgan fingerprint density at radius 2 is 1.70 bits per heavy atom. The van der Waals surface area contributed by atoms with Gasteiger partial charge in [-0.25, -0.2) is 17.9 Å². The van der Waals surface area contributed by atoms with E-state index >= 15 is 0 Å². The fourth-order valence-corrected chi connectivity index (χ4v) is 5.11. The summed E-state index contributed by atoms with van der Waals surface area (Å²) in [5, 5.41) is 24.9. The van der Waals surface area contributed by atoms with Crippen LogP contribution in [-0.2, 0) is 26.2 Å². The van der Waals surface area contributed by atoms with Crippen LogP contribution < -0.4 is 20.1 Å². The monoisotopic (exact) mass is 628 g/mol. The van der Waals surface area contributed by atoms with E-state index in [0.29, 0.717) is 6.42 Å². The highest BCUT2D eigenvalue weighted by Gasteiger charge is 2.24. The zero-order valence-corrected chi connectivity index (χ0v) is 25.2. The summed E-state index contributed by atoms with van der Waals surface area (Å²) in [7, 11) is -4.01. The van der Waals surface area contributed by atoms with Crippen molar-refractivity contribution in [2.45, 2.75) is 43.9 Å². The molecule has 1 unspecified atom stereocenters. The van der Waals surface area contributed by atoms with E-state index in [1.54, 1.807) is 30.3 Å². The molecule has 0 heterocycles. The second-order valence-electron chi connectivity index (χ2n) is 9.94. The van der Waals surface area contributed by atoms with Crippen LogP contribution in [0.1, 0.15) is 31.4 Å². The van der Waals surface area contributed by atoms with Crippen molar-refractivity contribution in [3.8, 4) is 17.6 Å². The van der Waals surface area contributed by atoms with Crippen LogP contribution in [0.15, 0.2) is 77.7 Å². The average molecular weight is 629 g/mol. The number of amides is 2. The number of rotatable bonds is 14. The number of carbonyl (C=O) groups is 2. The van der Waals surface area contributed by atoms with Gasteiger partial charge in [0.25, 0.3) is 0 Å². The van der Waals surface area contributed by atoms with Crippen molar-refractivity contribution in [2.24, 2.45) is 5.92 Å². The number of carbonyl (C=O) groups excluding carboxylic acids is 2. The maximum atomic E-state index is 12.8. The van der Waals surface area contributed by atoms with Crippen molar-refractivity contribution in [1.29, 1.82) is 5.26 Å². The van der Waals surface area contributed by atoms with Gasteiger partial charge in [-0.3, -0.25) is 4.79 Å². The Bertz CT molecular complexity index is 1530. The van der Waals surface area contributed by atoms with Gasteiger partial charge in [0.1, 0.15) is 35.8 Å². The number of nitrogens with one attached hydrogen (secondary N) is 3. The number of alkyl carbamates (subject to hydrolysis) is 1. The normalized spacial score (nSPS) is 12.6. The van der Waals surface area contributed by atoms with Gasteiger partial charge in [-0.15, -0.1) is 0 Å². The van der Waals surface area contributed by atoms with Crippen molar-refractivity contribution in [2.75, 3.05) is 13.1 Å². The highest BCUT2D eigenvalue weighted by Crippen LogP contribution is 2.30. The van der Waals surface area contributed by atoms with Gasteiger partial charge in [0.05, 0.1) is 16.0 Å². The minimum Gasteiger partial charge on any atom is -0.456 e. The van der Waals surface area contributed by atoms with Crippen molar-refractivity contribution >= 4 is 33.6 Å². The highest BCUT2D eigenvalue weighted by atomic mass is 35.5. The van der Waals surface area contributed by atoms with Crippen molar-refractivity contribution in [1.82, 2.24) is 15.4 Å². The van der Waals surface area contributed by atoms with Crippen LogP contribution in [0.2, 0.25) is 5.02 Å². The van der Waals surface area contributed by atoms with E-state index < -0.39 is 34.2 Å². The second-order valence-corrected chi connectivity index (χ2v) is 12.1. The Kier molecular flexibility index (Phi) is 12.3. The third-order valence-corrected chi connectivity index (χ3v) is 7.75. The lowest BCUT2D eigenvalue weighted by Crippen LogP contribution is -2.50. The van der Waals surface area contributed by atoms with Crippen LogP contribution in [0.25, 0.3) is 0 Å². The minimum absolute atomic E-state index is 0.0430. The van der Waals surface area contributed by atoms with Crippen molar-refractivity contribution in [3.63, 3.8) is 0 Å². The Labute approximate surface area is 255 Å². The van der Waals surface area contributed by atoms with Crippen molar-refractivity contribution < 1.29 is 32.6 Å². The first-order valence-electron chi connectivity index (χ1n) is 13.4. The van der Waals surface area contributed by atoms with Crippen LogP contribution in [0.3, 0.4) is 0 Å². The molecule has 228 valence electrons. The number of hydrogen-bond acceptors (Lipinski definition) is 8. The molecule has 0 aromatic heterocycles. The number of benzene rings is 3. The lowest BCUT2D eigenvalue weighted by molar-refractivity contribution is -0.123. The Morgan fingerprint density at radius 1 is 1.00 bits per heavy atom. The number of ether oxygens (including phenoxy) is 2. The molecule has 0 aliphatic carbocycles. The molecule has 0 saturated carbocycles. The van der Waals surface area contributed by atoms with Gasteiger partial charge < -0.3 is 25.2 Å². The quantitative estimate of drug-likeness (QED) is 0.207. The fraction of sp³-hybridized carbons (Fsp3) is 0.300. The molecule has 0 aliphatic rings. The van der Waals surface area contributed by atoms with Crippen LogP contribution in [0.5, 0.6) is 11.5 Å². The largest absolute Gasteiger partial charge is 0.456 e. The van der Waals surface area contributed by atoms with E-state index in [4.69, 9.17) is 21.1 Å². The molecule has 3 aromatic carbocycles. The highest BCUT2D eigenvalue weighted by molar-refractivity contribution is 7.89. The molecule has 11 nitrogen and oxygen atoms in total. The Morgan fingerprint density at radius 3 is 2.35 bits per heavy atom. The first-order chi connectivity index (χ1) is 20.5. The number of aliphatic hydroxyl groups excluding tert-OH is 1. The molecular weight excluding hydrogens is 596 g/mol. The van der Waals surface area contributed by atoms with Crippen LogP contribution >= 0.6 is 11.6 Å². The summed E-state index contributed by atoms with van der Waals surface area (Å²) in [4.78, 5) is 25.0. The topological polar surface area (TPSA) is 167 Å². The standard InChI is InChI=1S/C30H33ClN4O7S/c1-20(2)15-27(35-30(38)41-19-21-7-4-3-5-8-21)29(37)33-17-22(36)18-34-43(39,40)24-13-11-23(12-14-24)42-28-10-6-9-26(31)25(28)16-32/h3-14,20,22,27,34,36H,15,17-19H2,1-2H3,(H,33,37)(H,35,38)/t22?,27-/m0/s1. The number of hydrogen-bond donors (Lipinski definition) is 4. The van der Waals surface area contributed by atoms with E-state index in [-0.39, 0.29) is 52.6 Å². The van der Waals surface area contributed by atoms with E-state index in [0.717, 1.165) is 5.56 Å². The molecule has 13 heteroatoms. The lowest BCUT2D eigenvalue weighted by atomic mass is 10.0. The average Bonchev–Trinajstić information content (AvgIpc) is 2.98. The number of sulfonamides is 1. The zero-order chi connectivity index (χ0) is 31.4. The Hall–Kier alpha value is -4.15. The summed E-state index contributed by atoms with van der Waals surface area (Å²) in [6.45, 7) is 3.18. The maximum Gasteiger partial charge on any atom is 0.408 e. The summed E-state index contributed by atoms with van der Waals surface area (Å²) in [6.07, 6.45) is -1.69. The number of nitrogens with zero attached hydrogens (tertiary/aromatic N) is 1. The number of aliphatic hydroxyl groups is 1. The maximum absolute atomic E-state index is 12.8. The van der Waals surface area contributed by atoms with Crippen LogP contribution in [0, 0.1) is 17.2 Å². The second kappa shape index (κ2) is 15.9. The third-order valence-electron chi connectivity index (χ3n) is 6.00. The fourth-order valence-electron chi connectivity index (χ4n) is 3.82. The molecule has 2 atom stereocenters. The van der Waals surface area contributed by atoms with Crippen LogP contribution in [-0.4, -0.2) is 50.8 Å². The molecule has 4 N–H and O–H groups in total. The molecule has 0 bridgehead atoms. The van der Waals surface area contributed by atoms with E-state index in [9.17, 15) is 28.4 Å². The summed E-state index contributed by atoms with van der Waals surface area (Å²) in [5.74, 6) is 0.0393. The third kappa shape index (κ3) is 10.6. The van der Waals surface area contributed by atoms with Gasteiger partial charge in [0, 0.05) is 13.1 Å². The first kappa shape index (κ1) is 33.4. The van der Waals surface area contributed by atoms with Gasteiger partial charge in [0.2, 0.25) is 15.9 Å².